The summed E-state index contributed by atoms with van der Waals surface area (Å²) in [5, 5.41) is 7.50. The Balaban J connectivity index is 1.70. The number of rotatable bonds is 6. The second kappa shape index (κ2) is 8.75. The van der Waals surface area contributed by atoms with Gasteiger partial charge in [-0.05, 0) is 29.8 Å². The molecule has 2 aromatic heterocycles. The molecule has 1 amide bonds. The Kier molecular flexibility index (Phi) is 5.72. The molecular formula is C22H17ClN4O3. The summed E-state index contributed by atoms with van der Waals surface area (Å²) in [5.41, 5.74) is 3.13. The zero-order valence-corrected chi connectivity index (χ0v) is 16.8. The molecule has 0 unspecified atom stereocenters. The van der Waals surface area contributed by atoms with Gasteiger partial charge in [0.05, 0.1) is 24.8 Å². The number of aromatic nitrogens is 3. The first kappa shape index (κ1) is 19.6. The molecule has 0 atom stereocenters. The van der Waals surface area contributed by atoms with Crippen molar-refractivity contribution in [3.05, 3.63) is 77.7 Å². The van der Waals surface area contributed by atoms with Crippen LogP contribution in [0.3, 0.4) is 0 Å². The van der Waals surface area contributed by atoms with Gasteiger partial charge < -0.3 is 9.26 Å². The van der Waals surface area contributed by atoms with Crippen molar-refractivity contribution in [2.24, 2.45) is 0 Å². The van der Waals surface area contributed by atoms with Crippen molar-refractivity contribution in [3.63, 3.8) is 0 Å². The Hall–Kier alpha value is -3.71. The highest BCUT2D eigenvalue weighted by Crippen LogP contribution is 2.37. The van der Waals surface area contributed by atoms with Crippen molar-refractivity contribution >= 4 is 23.4 Å². The molecular weight excluding hydrogens is 404 g/mol. The number of ether oxygens (including phenoxy) is 1. The van der Waals surface area contributed by atoms with Crippen LogP contribution in [0.4, 0.5) is 5.88 Å². The Morgan fingerprint density at radius 2 is 2.03 bits per heavy atom. The molecule has 4 rings (SSSR count). The van der Waals surface area contributed by atoms with Crippen LogP contribution in [-0.4, -0.2) is 28.1 Å². The third kappa shape index (κ3) is 4.16. The molecule has 0 aliphatic carbocycles. The van der Waals surface area contributed by atoms with E-state index in [0.717, 1.165) is 5.56 Å². The van der Waals surface area contributed by atoms with Gasteiger partial charge in [0, 0.05) is 16.8 Å². The lowest BCUT2D eigenvalue weighted by molar-refractivity contribution is -0.115. The lowest BCUT2D eigenvalue weighted by atomic mass is 10.0. The van der Waals surface area contributed by atoms with Crippen molar-refractivity contribution in [2.45, 2.75) is 6.42 Å². The van der Waals surface area contributed by atoms with E-state index in [1.165, 1.54) is 6.33 Å². The summed E-state index contributed by atoms with van der Waals surface area (Å²) in [7, 11) is 1.59. The molecule has 0 bridgehead atoms. The van der Waals surface area contributed by atoms with Crippen LogP contribution in [0.5, 0.6) is 5.75 Å². The number of benzene rings is 2. The van der Waals surface area contributed by atoms with Crippen molar-refractivity contribution in [1.82, 2.24) is 15.1 Å². The Bertz CT molecular complexity index is 1180. The van der Waals surface area contributed by atoms with Crippen molar-refractivity contribution in [3.8, 4) is 28.3 Å². The van der Waals surface area contributed by atoms with Gasteiger partial charge in [-0.15, -0.1) is 0 Å². The molecule has 0 fully saturated rings. The maximum atomic E-state index is 12.7. The van der Waals surface area contributed by atoms with Gasteiger partial charge in [-0.2, -0.15) is 0 Å². The second-order valence-corrected chi connectivity index (χ2v) is 6.79. The summed E-state index contributed by atoms with van der Waals surface area (Å²) in [6, 6.07) is 16.3. The first-order valence-electron chi connectivity index (χ1n) is 9.09. The Morgan fingerprint density at radius 1 is 1.17 bits per heavy atom. The van der Waals surface area contributed by atoms with Gasteiger partial charge in [0.2, 0.25) is 11.8 Å². The van der Waals surface area contributed by atoms with E-state index >= 15 is 0 Å². The highest BCUT2D eigenvalue weighted by Gasteiger charge is 2.22. The quantitative estimate of drug-likeness (QED) is 0.488. The van der Waals surface area contributed by atoms with Crippen molar-refractivity contribution in [1.29, 1.82) is 0 Å². The minimum Gasteiger partial charge on any atom is -0.497 e. The summed E-state index contributed by atoms with van der Waals surface area (Å²) >= 11 is 6.17. The van der Waals surface area contributed by atoms with Gasteiger partial charge in [-0.1, -0.05) is 47.1 Å². The van der Waals surface area contributed by atoms with Gasteiger partial charge in [-0.25, -0.2) is 9.97 Å². The molecule has 0 radical (unpaired) electrons. The fraction of sp³-hybridized carbons (Fsp3) is 0.0909. The molecule has 0 aliphatic rings. The zero-order chi connectivity index (χ0) is 20.9. The molecule has 2 aromatic carbocycles. The lowest BCUT2D eigenvalue weighted by Crippen LogP contribution is -2.14. The molecule has 4 aromatic rings. The molecule has 8 heteroatoms. The average molecular weight is 421 g/mol. The third-order valence-corrected chi connectivity index (χ3v) is 4.80. The van der Waals surface area contributed by atoms with Gasteiger partial charge >= 0.3 is 0 Å². The summed E-state index contributed by atoms with van der Waals surface area (Å²) in [5.74, 6) is 0.587. The number of anilines is 1. The number of nitrogens with zero attached hydrogens (tertiary/aromatic N) is 3. The maximum Gasteiger partial charge on any atom is 0.241 e. The van der Waals surface area contributed by atoms with Crippen LogP contribution in [0.2, 0.25) is 5.02 Å². The van der Waals surface area contributed by atoms with Gasteiger partial charge in [0.1, 0.15) is 17.8 Å². The van der Waals surface area contributed by atoms with Crippen LogP contribution in [0.15, 0.2) is 71.6 Å². The van der Waals surface area contributed by atoms with Gasteiger partial charge in [-0.3, -0.25) is 10.1 Å². The zero-order valence-electron chi connectivity index (χ0n) is 16.0. The predicted octanol–water partition coefficient (Wildman–Crippen LogP) is 4.64. The van der Waals surface area contributed by atoms with E-state index in [-0.39, 0.29) is 18.2 Å². The highest BCUT2D eigenvalue weighted by molar-refractivity contribution is 6.31. The van der Waals surface area contributed by atoms with E-state index in [0.29, 0.717) is 33.3 Å². The predicted molar refractivity (Wildman–Crippen MR) is 113 cm³/mol. The largest absolute Gasteiger partial charge is 0.497 e. The molecule has 1 N–H and O–H groups in total. The number of hydrogen-bond donors (Lipinski definition) is 1. The van der Waals surface area contributed by atoms with E-state index in [1.54, 1.807) is 31.5 Å². The molecule has 0 saturated carbocycles. The number of methoxy groups -OCH3 is 1. The van der Waals surface area contributed by atoms with E-state index < -0.39 is 0 Å². The molecule has 0 spiro atoms. The second-order valence-electron chi connectivity index (χ2n) is 6.38. The van der Waals surface area contributed by atoms with Crippen LogP contribution < -0.4 is 10.1 Å². The molecule has 2 heterocycles. The van der Waals surface area contributed by atoms with Gasteiger partial charge in [0.25, 0.3) is 0 Å². The number of hydrogen-bond acceptors (Lipinski definition) is 6. The number of carbonyl (C=O) groups excluding carboxylic acids is 1. The summed E-state index contributed by atoms with van der Waals surface area (Å²) in [6.07, 6.45) is 3.13. The normalized spacial score (nSPS) is 10.6. The minimum atomic E-state index is -0.285. The molecule has 30 heavy (non-hydrogen) atoms. The maximum absolute atomic E-state index is 12.7. The van der Waals surface area contributed by atoms with Crippen molar-refractivity contribution in [2.75, 3.05) is 12.4 Å². The Morgan fingerprint density at radius 3 is 2.80 bits per heavy atom. The van der Waals surface area contributed by atoms with Crippen LogP contribution in [0.1, 0.15) is 5.56 Å². The molecule has 0 saturated heterocycles. The molecule has 150 valence electrons. The first-order chi connectivity index (χ1) is 14.7. The highest BCUT2D eigenvalue weighted by atomic mass is 35.5. The topological polar surface area (TPSA) is 90.1 Å². The Labute approximate surface area is 177 Å². The monoisotopic (exact) mass is 420 g/mol. The standard InChI is InChI=1S/C22H17ClN4O3/c1-29-16-7-4-6-15(11-16)21-20(18-9-10-24-13-25-18)22(30-27-21)26-19(28)12-14-5-2-3-8-17(14)23/h2-11,13H,12H2,1H3,(H,26,28). The third-order valence-electron chi connectivity index (χ3n) is 4.44. The molecule has 0 aliphatic heterocycles. The number of amides is 1. The first-order valence-corrected chi connectivity index (χ1v) is 9.47. The van der Waals surface area contributed by atoms with Crippen LogP contribution >= 0.6 is 11.6 Å². The summed E-state index contributed by atoms with van der Waals surface area (Å²) < 4.78 is 10.8. The van der Waals surface area contributed by atoms with Gasteiger partial charge in [0.15, 0.2) is 0 Å². The van der Waals surface area contributed by atoms with E-state index in [9.17, 15) is 4.79 Å². The fourth-order valence-electron chi connectivity index (χ4n) is 3.00. The average Bonchev–Trinajstić information content (AvgIpc) is 3.19. The van der Waals surface area contributed by atoms with Crippen molar-refractivity contribution < 1.29 is 14.1 Å². The number of carbonyl (C=O) groups is 1. The van der Waals surface area contributed by atoms with E-state index in [2.05, 4.69) is 20.4 Å². The fourth-order valence-corrected chi connectivity index (χ4v) is 3.21. The van der Waals surface area contributed by atoms with Crippen LogP contribution in [0.25, 0.3) is 22.5 Å². The number of halogens is 1. The summed E-state index contributed by atoms with van der Waals surface area (Å²) in [4.78, 5) is 20.9. The minimum absolute atomic E-state index is 0.0953. The van der Waals surface area contributed by atoms with Crippen LogP contribution in [-0.2, 0) is 11.2 Å². The SMILES string of the molecule is COc1cccc(-c2noc(NC(=O)Cc3ccccc3Cl)c2-c2ccncn2)c1. The smallest absolute Gasteiger partial charge is 0.241 e. The summed E-state index contributed by atoms with van der Waals surface area (Å²) in [6.45, 7) is 0. The van der Waals surface area contributed by atoms with E-state index in [1.807, 2.05) is 36.4 Å². The van der Waals surface area contributed by atoms with E-state index in [4.69, 9.17) is 20.9 Å². The lowest BCUT2D eigenvalue weighted by Gasteiger charge is -2.07. The molecule has 7 nitrogen and oxygen atoms in total. The number of nitrogens with one attached hydrogen (secondary N) is 1. The van der Waals surface area contributed by atoms with Crippen LogP contribution in [0, 0.1) is 0 Å².